The molecule has 6 heteroatoms. The van der Waals surface area contributed by atoms with Gasteiger partial charge >= 0.3 is 0 Å². The molecule has 0 aliphatic carbocycles. The third-order valence-electron chi connectivity index (χ3n) is 15.7. The van der Waals surface area contributed by atoms with E-state index in [0.29, 0.717) is 34.1 Å². The van der Waals surface area contributed by atoms with Gasteiger partial charge in [-0.3, -0.25) is 0 Å². The summed E-state index contributed by atoms with van der Waals surface area (Å²) in [5.41, 5.74) is 5.88. The van der Waals surface area contributed by atoms with Gasteiger partial charge in [-0.05, 0) is 145 Å². The summed E-state index contributed by atoms with van der Waals surface area (Å²) < 4.78 is 130. The van der Waals surface area contributed by atoms with Gasteiger partial charge in [0.15, 0.2) is 0 Å². The number of hydrogen-bond acceptors (Lipinski definition) is 4. The van der Waals surface area contributed by atoms with E-state index in [-0.39, 0.29) is 88.6 Å². The van der Waals surface area contributed by atoms with Crippen LogP contribution in [0.5, 0.6) is 11.5 Å². The number of pyridine rings is 1. The molecule has 5 nitrogen and oxygen atoms in total. The van der Waals surface area contributed by atoms with Crippen LogP contribution in [0.1, 0.15) is 174 Å². The van der Waals surface area contributed by atoms with E-state index in [9.17, 15) is 9.60 Å². The molecule has 85 heavy (non-hydrogen) atoms. The number of anilines is 4. The molecule has 0 N–H and O–H groups in total. The molecule has 1 aliphatic heterocycles. The summed E-state index contributed by atoms with van der Waals surface area (Å²) in [6.07, 6.45) is 11.0. The Morgan fingerprint density at radius 3 is 1.84 bits per heavy atom. The Labute approximate surface area is 541 Å². The molecule has 0 saturated carbocycles. The van der Waals surface area contributed by atoms with Gasteiger partial charge < -0.3 is 19.1 Å². The van der Waals surface area contributed by atoms with Crippen LogP contribution >= 0.6 is 0 Å². The first kappa shape index (κ1) is 46.1. The maximum atomic E-state index is 10.3. The average Bonchev–Trinajstić information content (AvgIpc) is 0.869. The van der Waals surface area contributed by atoms with Crippen LogP contribution < -0.4 is 14.5 Å². The summed E-state index contributed by atoms with van der Waals surface area (Å²) in [5.74, 6) is 1.57. The Morgan fingerprint density at radius 2 is 1.16 bits per heavy atom. The van der Waals surface area contributed by atoms with Crippen molar-refractivity contribution >= 4 is 44.6 Å². The Hall–Kier alpha value is -7.20. The van der Waals surface area contributed by atoms with E-state index in [2.05, 4.69) is 95.5 Å². The molecule has 0 amide bonds. The molecule has 8 aromatic carbocycles. The number of fused-ring (bicyclic) bond motifs is 4. The van der Waals surface area contributed by atoms with Crippen molar-refractivity contribution < 1.29 is 43.6 Å². The zero-order valence-electron chi connectivity index (χ0n) is 64.5. The summed E-state index contributed by atoms with van der Waals surface area (Å²) in [6.45, 7) is 28.8. The Balaban J connectivity index is 0.0000104. The topological polar surface area (TPSA) is 33.5 Å². The maximum absolute atomic E-state index is 10.3. The number of aryl methyl sites for hydroxylation is 1. The van der Waals surface area contributed by atoms with Gasteiger partial charge in [0, 0.05) is 72.5 Å². The standard InChI is InChI=1S/C79H85N4O.Pt/c1-14-15-16-17-18-21-33-56-45-69-66-39-38-65(51-73(66)83(72(69)46-59(56)52-76(2,3)4)74-49-60(40-41-80-74)77(5,6)7)84-64-35-28-34-63(50-64)81-53-82(71-37-27-26-36-70(71)81)75-67(55-31-24-20-25-32-55)47-62(79(11,12)13)48-68(75)58-42-57(54-29-22-19-23-30-54)43-61(44-58)78(8,9)10;/h19-20,22-32,34-49,53H,14-18,21,33,52H2,1-13H3;/q-3;/i19D,20D,22D,23D,24D,25D,29D,30D,31D,32D,42D,43D,44D;. The van der Waals surface area contributed by atoms with Gasteiger partial charge in [0.2, 0.25) is 0 Å². The third kappa shape index (κ3) is 13.3. The van der Waals surface area contributed by atoms with Gasteiger partial charge in [-0.25, -0.2) is 4.98 Å². The number of hydrogen-bond donors (Lipinski definition) is 0. The summed E-state index contributed by atoms with van der Waals surface area (Å²) in [5, 5.41) is 2.13. The summed E-state index contributed by atoms with van der Waals surface area (Å²) in [4.78, 5) is 8.73. The smallest absolute Gasteiger partial charge is 0.135 e. The Bertz CT molecular complexity index is 4730. The van der Waals surface area contributed by atoms with Gasteiger partial charge in [-0.2, -0.15) is 12.1 Å². The van der Waals surface area contributed by atoms with E-state index in [1.54, 1.807) is 38.4 Å². The van der Waals surface area contributed by atoms with Crippen molar-refractivity contribution in [2.75, 3.05) is 9.80 Å². The fourth-order valence-electron chi connectivity index (χ4n) is 11.2. The van der Waals surface area contributed by atoms with Crippen molar-refractivity contribution in [2.24, 2.45) is 5.41 Å². The van der Waals surface area contributed by atoms with Gasteiger partial charge in [0.05, 0.1) is 17.8 Å². The largest absolute Gasteiger partial charge is 0.509 e. The second-order valence-electron chi connectivity index (χ2n) is 26.7. The van der Waals surface area contributed by atoms with E-state index in [4.69, 9.17) is 17.9 Å². The average molecular weight is 1310 g/mol. The van der Waals surface area contributed by atoms with E-state index in [0.717, 1.165) is 52.4 Å². The van der Waals surface area contributed by atoms with Crippen LogP contribution in [0.2, 0.25) is 0 Å². The summed E-state index contributed by atoms with van der Waals surface area (Å²) in [6, 6.07) is 29.9. The number of unbranched alkanes of at least 4 members (excludes halogenated alkanes) is 5. The molecule has 0 atom stereocenters. The van der Waals surface area contributed by atoms with Crippen molar-refractivity contribution in [3.8, 4) is 50.7 Å². The predicted molar refractivity (Wildman–Crippen MR) is 357 cm³/mol. The molecule has 0 unspecified atom stereocenters. The van der Waals surface area contributed by atoms with Crippen LogP contribution in [0.4, 0.5) is 22.7 Å². The van der Waals surface area contributed by atoms with Crippen LogP contribution in [0.3, 0.4) is 0 Å². The zero-order valence-corrected chi connectivity index (χ0v) is 53.8. The third-order valence-corrected chi connectivity index (χ3v) is 15.7. The second kappa shape index (κ2) is 24.6. The van der Waals surface area contributed by atoms with Crippen molar-refractivity contribution in [3.63, 3.8) is 0 Å². The van der Waals surface area contributed by atoms with Gasteiger partial charge in [0.25, 0.3) is 0 Å². The second-order valence-corrected chi connectivity index (χ2v) is 26.7. The first-order valence-electron chi connectivity index (χ1n) is 36.2. The van der Waals surface area contributed by atoms with Crippen LogP contribution in [-0.4, -0.2) is 9.55 Å². The molecule has 11 rings (SSSR count). The zero-order chi connectivity index (χ0) is 70.4. The molecule has 0 fully saturated rings. The Morgan fingerprint density at radius 1 is 0.541 bits per heavy atom. The molecule has 10 aromatic rings. The van der Waals surface area contributed by atoms with E-state index in [1.165, 1.54) is 43.2 Å². The normalized spacial score (nSPS) is 15.1. The van der Waals surface area contributed by atoms with Crippen LogP contribution in [0, 0.1) is 24.2 Å². The molecular formula is C79H85N4OPt-3. The van der Waals surface area contributed by atoms with E-state index >= 15 is 0 Å². The minimum atomic E-state index is -1.01. The number of aromatic nitrogens is 2. The molecular weight excluding hydrogens is 1220 g/mol. The molecule has 1 aliphatic rings. The fraction of sp³-hybridized carbons (Fsp3) is 0.316. The number of para-hydroxylation sites is 2. The Kier molecular flexibility index (Phi) is 13.4. The number of rotatable bonds is 16. The van der Waals surface area contributed by atoms with Gasteiger partial charge in [0.1, 0.15) is 5.82 Å². The summed E-state index contributed by atoms with van der Waals surface area (Å²) >= 11 is 0. The van der Waals surface area contributed by atoms with Gasteiger partial charge in [-0.15, -0.1) is 48.1 Å². The predicted octanol–water partition coefficient (Wildman–Crippen LogP) is 22.4. The molecule has 440 valence electrons. The number of ether oxygens (including phenoxy) is 1. The van der Waals surface area contributed by atoms with Crippen molar-refractivity contribution in [1.29, 1.82) is 0 Å². The molecule has 2 aromatic heterocycles. The monoisotopic (exact) mass is 1310 g/mol. The minimum Gasteiger partial charge on any atom is -0.509 e. The fourth-order valence-corrected chi connectivity index (χ4v) is 11.2. The maximum Gasteiger partial charge on any atom is 0.135 e. The molecule has 0 bridgehead atoms. The van der Waals surface area contributed by atoms with Crippen molar-refractivity contribution in [3.05, 3.63) is 222 Å². The number of benzene rings is 8. The van der Waals surface area contributed by atoms with E-state index < -0.39 is 77.3 Å². The molecule has 3 heterocycles. The SMILES string of the molecule is [2H]c1c([2H])c([2H])c(-c2cc(C(C)(C)C)cc(-c3c([2H])c(-c4c([2H])c([2H])c([2H])c([2H])c4[2H])c([2H])c(C(C)(C)C)c3[2H])c2N2[CH-]N(c3[c-]c(Oc4[c-]c5c(cc4)c4cc(CCCCCCCC)c(CC(C)(C)C)cc4n5-c4cc(C(C)(C)C)ccn4)ccc3)c3ccccc32)c([2H])c1[2H].[Pt]. The van der Waals surface area contributed by atoms with Crippen molar-refractivity contribution in [2.45, 2.75) is 158 Å². The van der Waals surface area contributed by atoms with Crippen LogP contribution in [0.15, 0.2) is 176 Å². The number of nitrogens with zero attached hydrogens (tertiary/aromatic N) is 4. The first-order valence-corrected chi connectivity index (χ1v) is 29.7. The quantitative estimate of drug-likeness (QED) is 0.0713. The molecule has 0 spiro atoms. The van der Waals surface area contributed by atoms with Crippen LogP contribution in [-0.2, 0) is 50.2 Å². The summed E-state index contributed by atoms with van der Waals surface area (Å²) in [7, 11) is 0. The minimum absolute atomic E-state index is 0. The first-order chi connectivity index (χ1) is 45.5. The van der Waals surface area contributed by atoms with Crippen molar-refractivity contribution in [1.82, 2.24) is 9.55 Å². The molecule has 0 radical (unpaired) electrons. The van der Waals surface area contributed by atoms with Gasteiger partial charge in [-0.1, -0.05) is 218 Å². The van der Waals surface area contributed by atoms with E-state index in [1.807, 2.05) is 86.5 Å². The van der Waals surface area contributed by atoms with Crippen LogP contribution in [0.25, 0.3) is 61.0 Å². The molecule has 0 saturated heterocycles.